The molecule has 3 aromatic rings. The van der Waals surface area contributed by atoms with Gasteiger partial charge < -0.3 is 9.73 Å². The van der Waals surface area contributed by atoms with Crippen LogP contribution in [0.3, 0.4) is 0 Å². The maximum Gasteiger partial charge on any atom is 0.259 e. The van der Waals surface area contributed by atoms with Crippen LogP contribution >= 0.6 is 0 Å². The predicted molar refractivity (Wildman–Crippen MR) is 101 cm³/mol. The van der Waals surface area contributed by atoms with E-state index in [1.807, 2.05) is 30.3 Å². The van der Waals surface area contributed by atoms with Crippen molar-refractivity contribution in [3.8, 4) is 11.3 Å². The molecular weight excluding hydrogens is 346 g/mol. The highest BCUT2D eigenvalue weighted by atomic mass is 16.3. The van der Waals surface area contributed by atoms with Crippen LogP contribution in [0.2, 0.25) is 0 Å². The van der Waals surface area contributed by atoms with E-state index in [2.05, 4.69) is 26.0 Å². The van der Waals surface area contributed by atoms with E-state index in [4.69, 9.17) is 4.42 Å². The van der Waals surface area contributed by atoms with Gasteiger partial charge in [0.05, 0.1) is 30.9 Å². The number of amides is 2. The summed E-state index contributed by atoms with van der Waals surface area (Å²) in [6, 6.07) is 13.1. The third-order valence-electron chi connectivity index (χ3n) is 3.49. The van der Waals surface area contributed by atoms with Gasteiger partial charge in [-0.05, 0) is 18.2 Å². The van der Waals surface area contributed by atoms with Gasteiger partial charge in [0.15, 0.2) is 0 Å². The molecule has 3 N–H and O–H groups in total. The van der Waals surface area contributed by atoms with E-state index in [1.165, 1.54) is 24.6 Å². The van der Waals surface area contributed by atoms with Gasteiger partial charge in [0.25, 0.3) is 5.91 Å². The topological polar surface area (TPSA) is 112 Å². The molecule has 2 amide bonds. The van der Waals surface area contributed by atoms with Gasteiger partial charge in [0, 0.05) is 17.2 Å². The first-order valence-corrected chi connectivity index (χ1v) is 8.12. The maximum absolute atomic E-state index is 11.8. The Hall–Kier alpha value is -3.94. The van der Waals surface area contributed by atoms with E-state index >= 15 is 0 Å². The van der Waals surface area contributed by atoms with E-state index < -0.39 is 11.8 Å². The summed E-state index contributed by atoms with van der Waals surface area (Å²) in [6.07, 6.45) is 7.40. The van der Waals surface area contributed by atoms with Crippen molar-refractivity contribution in [2.75, 3.05) is 6.54 Å². The molecule has 8 nitrogen and oxygen atoms in total. The zero-order valence-corrected chi connectivity index (χ0v) is 14.3. The highest BCUT2D eigenvalue weighted by Crippen LogP contribution is 2.18. The van der Waals surface area contributed by atoms with Crippen LogP contribution in [0.4, 0.5) is 0 Å². The number of benzene rings is 1. The van der Waals surface area contributed by atoms with E-state index in [1.54, 1.807) is 18.3 Å². The number of aromatic nitrogens is 2. The van der Waals surface area contributed by atoms with Gasteiger partial charge in [-0.3, -0.25) is 14.7 Å². The molecule has 1 aromatic carbocycles. The Bertz CT molecular complexity index is 943. The van der Waals surface area contributed by atoms with Crippen molar-refractivity contribution in [1.82, 2.24) is 20.9 Å². The zero-order chi connectivity index (χ0) is 18.9. The van der Waals surface area contributed by atoms with Crippen LogP contribution < -0.4 is 10.7 Å². The van der Waals surface area contributed by atoms with Crippen LogP contribution in [0.1, 0.15) is 11.3 Å². The van der Waals surface area contributed by atoms with E-state index in [9.17, 15) is 9.59 Å². The third kappa shape index (κ3) is 5.27. The summed E-state index contributed by atoms with van der Waals surface area (Å²) in [5, 5.41) is 13.2. The van der Waals surface area contributed by atoms with Crippen molar-refractivity contribution in [3.05, 3.63) is 72.3 Å². The Morgan fingerprint density at radius 1 is 1.19 bits per heavy atom. The number of carbonyl (C=O) groups excluding carboxylic acids is 2. The molecule has 2 heterocycles. The summed E-state index contributed by atoms with van der Waals surface area (Å²) in [7, 11) is 0. The van der Waals surface area contributed by atoms with Gasteiger partial charge in [-0.15, -0.1) is 0 Å². The SMILES string of the molecule is O=C(/C=C\c1ccco1)NCC(=O)N/N=C\c1cn[nH]c1-c1ccccc1. The highest BCUT2D eigenvalue weighted by Gasteiger charge is 2.06. The Morgan fingerprint density at radius 3 is 2.81 bits per heavy atom. The molecule has 0 radical (unpaired) electrons. The molecule has 0 aliphatic carbocycles. The summed E-state index contributed by atoms with van der Waals surface area (Å²) in [4.78, 5) is 23.4. The second-order valence-electron chi connectivity index (χ2n) is 5.43. The van der Waals surface area contributed by atoms with Gasteiger partial charge in [-0.2, -0.15) is 10.2 Å². The zero-order valence-electron chi connectivity index (χ0n) is 14.3. The molecule has 2 aromatic heterocycles. The minimum Gasteiger partial charge on any atom is -0.465 e. The maximum atomic E-state index is 11.8. The first-order valence-electron chi connectivity index (χ1n) is 8.12. The molecule has 0 atom stereocenters. The molecule has 0 saturated carbocycles. The summed E-state index contributed by atoms with van der Waals surface area (Å²) >= 11 is 0. The molecule has 0 spiro atoms. The Labute approximate surface area is 155 Å². The number of rotatable bonds is 7. The summed E-state index contributed by atoms with van der Waals surface area (Å²) in [5.74, 6) is -0.309. The van der Waals surface area contributed by atoms with Crippen molar-refractivity contribution in [2.24, 2.45) is 5.10 Å². The molecule has 0 fully saturated rings. The lowest BCUT2D eigenvalue weighted by atomic mass is 10.1. The second-order valence-corrected chi connectivity index (χ2v) is 5.43. The van der Waals surface area contributed by atoms with Crippen molar-refractivity contribution in [1.29, 1.82) is 0 Å². The van der Waals surface area contributed by atoms with Crippen LogP contribution in [0.5, 0.6) is 0 Å². The summed E-state index contributed by atoms with van der Waals surface area (Å²) < 4.78 is 5.07. The fourth-order valence-electron chi connectivity index (χ4n) is 2.21. The normalized spacial score (nSPS) is 11.1. The smallest absolute Gasteiger partial charge is 0.259 e. The van der Waals surface area contributed by atoms with Crippen LogP contribution in [-0.4, -0.2) is 34.8 Å². The van der Waals surface area contributed by atoms with Gasteiger partial charge in [0.1, 0.15) is 5.76 Å². The molecule has 3 rings (SSSR count). The quantitative estimate of drug-likeness (QED) is 0.338. The fraction of sp³-hybridized carbons (Fsp3) is 0.0526. The molecule has 0 aliphatic rings. The van der Waals surface area contributed by atoms with Gasteiger partial charge in [-0.1, -0.05) is 30.3 Å². The van der Waals surface area contributed by atoms with Crippen molar-refractivity contribution < 1.29 is 14.0 Å². The highest BCUT2D eigenvalue weighted by molar-refractivity contribution is 5.94. The van der Waals surface area contributed by atoms with Gasteiger partial charge in [-0.25, -0.2) is 5.43 Å². The number of hydrazone groups is 1. The number of furan rings is 1. The first kappa shape index (κ1) is 17.9. The Morgan fingerprint density at radius 2 is 2.04 bits per heavy atom. The lowest BCUT2D eigenvalue weighted by Crippen LogP contribution is -2.34. The molecule has 136 valence electrons. The summed E-state index contributed by atoms with van der Waals surface area (Å²) in [5.41, 5.74) is 4.84. The van der Waals surface area contributed by atoms with Crippen molar-refractivity contribution in [3.63, 3.8) is 0 Å². The standard InChI is InChI=1S/C19H17N5O3/c25-17(9-8-16-7-4-10-27-16)20-13-18(26)23-21-11-15-12-22-24-19(15)14-5-2-1-3-6-14/h1-12H,13H2,(H,20,25)(H,22,24)(H,23,26)/b9-8-,21-11-. The first-order chi connectivity index (χ1) is 13.2. The average Bonchev–Trinajstić information content (AvgIpc) is 3.37. The minimum atomic E-state index is -0.448. The average molecular weight is 363 g/mol. The number of carbonyl (C=O) groups is 2. The summed E-state index contributed by atoms with van der Waals surface area (Å²) in [6.45, 7) is -0.199. The van der Waals surface area contributed by atoms with E-state index in [0.29, 0.717) is 5.76 Å². The molecule has 0 aliphatic heterocycles. The van der Waals surface area contributed by atoms with Crippen LogP contribution in [-0.2, 0) is 9.59 Å². The lowest BCUT2D eigenvalue weighted by molar-refractivity contribution is -0.123. The Balaban J connectivity index is 1.47. The number of hydrogen-bond acceptors (Lipinski definition) is 5. The number of nitrogens with zero attached hydrogens (tertiary/aromatic N) is 2. The van der Waals surface area contributed by atoms with Crippen LogP contribution in [0.25, 0.3) is 17.3 Å². The Kier molecular flexibility index (Phi) is 5.92. The monoisotopic (exact) mass is 363 g/mol. The number of H-pyrrole nitrogens is 1. The second kappa shape index (κ2) is 8.95. The minimum absolute atomic E-state index is 0.199. The fourth-order valence-corrected chi connectivity index (χ4v) is 2.21. The van der Waals surface area contributed by atoms with E-state index in [0.717, 1.165) is 16.8 Å². The number of nitrogens with one attached hydrogen (secondary N) is 3. The van der Waals surface area contributed by atoms with Crippen LogP contribution in [0.15, 0.2) is 70.5 Å². The number of aromatic amines is 1. The third-order valence-corrected chi connectivity index (χ3v) is 3.49. The molecular formula is C19H17N5O3. The largest absolute Gasteiger partial charge is 0.465 e. The van der Waals surface area contributed by atoms with Crippen molar-refractivity contribution in [2.45, 2.75) is 0 Å². The molecule has 27 heavy (non-hydrogen) atoms. The molecule has 8 heteroatoms. The number of hydrogen-bond donors (Lipinski definition) is 3. The van der Waals surface area contributed by atoms with Gasteiger partial charge >= 0.3 is 0 Å². The molecule has 0 unspecified atom stereocenters. The van der Waals surface area contributed by atoms with Gasteiger partial charge in [0.2, 0.25) is 5.91 Å². The molecule has 0 saturated heterocycles. The van der Waals surface area contributed by atoms with E-state index in [-0.39, 0.29) is 6.54 Å². The molecule has 0 bridgehead atoms. The lowest BCUT2D eigenvalue weighted by Gasteiger charge is -2.01. The predicted octanol–water partition coefficient (Wildman–Crippen LogP) is 1.95. The van der Waals surface area contributed by atoms with Crippen molar-refractivity contribution >= 4 is 24.1 Å². The van der Waals surface area contributed by atoms with Crippen LogP contribution in [0, 0.1) is 0 Å².